The lowest BCUT2D eigenvalue weighted by Gasteiger charge is -2.18. The minimum absolute atomic E-state index is 0.0683. The van der Waals surface area contributed by atoms with Crippen molar-refractivity contribution in [1.29, 1.82) is 0 Å². The van der Waals surface area contributed by atoms with Crippen LogP contribution in [0, 0.1) is 11.8 Å². The molecule has 1 aromatic carbocycles. The van der Waals surface area contributed by atoms with Crippen molar-refractivity contribution in [3.8, 4) is 0 Å². The average molecular weight is 278 g/mol. The number of esters is 2. The Morgan fingerprint density at radius 3 is 1.95 bits per heavy atom. The van der Waals surface area contributed by atoms with Crippen LogP contribution in [-0.2, 0) is 19.1 Å². The summed E-state index contributed by atoms with van der Waals surface area (Å²) in [6.45, 7) is 1.65. The Bertz CT molecular complexity index is 464. The van der Waals surface area contributed by atoms with E-state index in [0.29, 0.717) is 5.56 Å². The van der Waals surface area contributed by atoms with E-state index in [-0.39, 0.29) is 12.2 Å². The van der Waals surface area contributed by atoms with Crippen molar-refractivity contribution in [2.24, 2.45) is 11.8 Å². The molecule has 5 nitrogen and oxygen atoms in total. The molecule has 5 heteroatoms. The van der Waals surface area contributed by atoms with Gasteiger partial charge in [-0.25, -0.2) is 0 Å². The third-order valence-corrected chi connectivity index (χ3v) is 3.08. The lowest BCUT2D eigenvalue weighted by Crippen LogP contribution is -2.33. The summed E-state index contributed by atoms with van der Waals surface area (Å²) in [7, 11) is 2.40. The number of benzene rings is 1. The first-order chi connectivity index (χ1) is 9.51. The van der Waals surface area contributed by atoms with Crippen LogP contribution in [0.25, 0.3) is 0 Å². The summed E-state index contributed by atoms with van der Waals surface area (Å²) in [6.07, 6.45) is 0.0683. The average Bonchev–Trinajstić information content (AvgIpc) is 2.47. The molecule has 0 spiro atoms. The van der Waals surface area contributed by atoms with Crippen molar-refractivity contribution in [2.75, 3.05) is 14.2 Å². The van der Waals surface area contributed by atoms with Crippen LogP contribution in [0.5, 0.6) is 0 Å². The summed E-state index contributed by atoms with van der Waals surface area (Å²) >= 11 is 0. The molecular formula is C15H18O5. The summed E-state index contributed by atoms with van der Waals surface area (Å²) in [5, 5.41) is 0. The summed E-state index contributed by atoms with van der Waals surface area (Å²) in [5.74, 6) is -3.09. The Balaban J connectivity index is 2.81. The molecule has 0 heterocycles. The fourth-order valence-corrected chi connectivity index (χ4v) is 1.97. The molecule has 0 aliphatic rings. The van der Waals surface area contributed by atoms with Crippen molar-refractivity contribution >= 4 is 17.7 Å². The number of hydrogen-bond donors (Lipinski definition) is 0. The van der Waals surface area contributed by atoms with E-state index in [0.717, 1.165) is 0 Å². The van der Waals surface area contributed by atoms with Gasteiger partial charge >= 0.3 is 11.9 Å². The van der Waals surface area contributed by atoms with E-state index in [1.807, 2.05) is 6.07 Å². The molecule has 0 N–H and O–H groups in total. The van der Waals surface area contributed by atoms with Gasteiger partial charge in [-0.15, -0.1) is 0 Å². The van der Waals surface area contributed by atoms with Crippen molar-refractivity contribution in [3.05, 3.63) is 35.9 Å². The monoisotopic (exact) mass is 278 g/mol. The Morgan fingerprint density at radius 1 is 1.00 bits per heavy atom. The third kappa shape index (κ3) is 3.91. The minimum Gasteiger partial charge on any atom is -0.468 e. The number of carbonyl (C=O) groups excluding carboxylic acids is 3. The second kappa shape index (κ2) is 7.43. The van der Waals surface area contributed by atoms with Gasteiger partial charge in [0.15, 0.2) is 11.7 Å². The highest BCUT2D eigenvalue weighted by Gasteiger charge is 2.35. The van der Waals surface area contributed by atoms with E-state index in [9.17, 15) is 14.4 Å². The highest BCUT2D eigenvalue weighted by molar-refractivity contribution is 5.99. The number of ketones is 1. The zero-order valence-electron chi connectivity index (χ0n) is 11.8. The second-order valence-electron chi connectivity index (χ2n) is 4.49. The maximum atomic E-state index is 12.1. The first kappa shape index (κ1) is 15.9. The van der Waals surface area contributed by atoms with Gasteiger partial charge in [-0.05, 0) is 5.92 Å². The van der Waals surface area contributed by atoms with Gasteiger partial charge in [-0.1, -0.05) is 37.3 Å². The van der Waals surface area contributed by atoms with Crippen LogP contribution < -0.4 is 0 Å². The second-order valence-corrected chi connectivity index (χ2v) is 4.49. The molecule has 0 unspecified atom stereocenters. The zero-order chi connectivity index (χ0) is 15.1. The Kier molecular flexibility index (Phi) is 5.90. The maximum absolute atomic E-state index is 12.1. The predicted octanol–water partition coefficient (Wildman–Crippen LogP) is 1.86. The fraction of sp³-hybridized carbons (Fsp3) is 0.400. The normalized spacial score (nSPS) is 11.8. The van der Waals surface area contributed by atoms with Crippen LogP contribution in [0.15, 0.2) is 30.3 Å². The Labute approximate surface area is 117 Å². The highest BCUT2D eigenvalue weighted by atomic mass is 16.5. The minimum atomic E-state index is -1.09. The van der Waals surface area contributed by atoms with Crippen molar-refractivity contribution in [3.63, 3.8) is 0 Å². The van der Waals surface area contributed by atoms with E-state index in [2.05, 4.69) is 9.47 Å². The highest BCUT2D eigenvalue weighted by Crippen LogP contribution is 2.21. The lowest BCUT2D eigenvalue weighted by molar-refractivity contribution is -0.161. The maximum Gasteiger partial charge on any atom is 0.320 e. The molecule has 0 fully saturated rings. The largest absolute Gasteiger partial charge is 0.468 e. The van der Waals surface area contributed by atoms with Crippen LogP contribution >= 0.6 is 0 Å². The topological polar surface area (TPSA) is 69.7 Å². The number of Topliss-reactive ketones (excluding diaryl/α,β-unsaturated/α-hetero) is 1. The van der Waals surface area contributed by atoms with Crippen molar-refractivity contribution in [1.82, 2.24) is 0 Å². The lowest BCUT2D eigenvalue weighted by atomic mass is 9.88. The molecule has 1 atom stereocenters. The molecule has 0 amide bonds. The smallest absolute Gasteiger partial charge is 0.320 e. The summed E-state index contributed by atoms with van der Waals surface area (Å²) in [4.78, 5) is 35.4. The first-order valence-electron chi connectivity index (χ1n) is 6.25. The molecule has 0 aromatic heterocycles. The molecule has 0 aliphatic carbocycles. The SMILES string of the molecule is COC(=O)C(C(=O)OC)[C@@H](C)CC(=O)c1ccccc1. The molecule has 0 saturated carbocycles. The number of hydrogen-bond acceptors (Lipinski definition) is 5. The fourth-order valence-electron chi connectivity index (χ4n) is 1.97. The van der Waals surface area contributed by atoms with Gasteiger partial charge in [0.25, 0.3) is 0 Å². The van der Waals surface area contributed by atoms with E-state index < -0.39 is 23.8 Å². The van der Waals surface area contributed by atoms with Gasteiger partial charge in [-0.2, -0.15) is 0 Å². The zero-order valence-corrected chi connectivity index (χ0v) is 11.8. The summed E-state index contributed by atoms with van der Waals surface area (Å²) in [5.41, 5.74) is 0.549. The third-order valence-electron chi connectivity index (χ3n) is 3.08. The number of ether oxygens (including phenoxy) is 2. The summed E-state index contributed by atoms with van der Waals surface area (Å²) in [6, 6.07) is 8.72. The molecule has 1 rings (SSSR count). The van der Waals surface area contributed by atoms with E-state index in [1.165, 1.54) is 14.2 Å². The molecule has 0 aliphatic heterocycles. The first-order valence-corrected chi connectivity index (χ1v) is 6.25. The van der Waals surface area contributed by atoms with Gasteiger partial charge in [0, 0.05) is 12.0 Å². The van der Waals surface area contributed by atoms with Crippen LogP contribution in [0.3, 0.4) is 0 Å². The van der Waals surface area contributed by atoms with Gasteiger partial charge in [0.2, 0.25) is 0 Å². The van der Waals surface area contributed by atoms with Crippen molar-refractivity contribution < 1.29 is 23.9 Å². The van der Waals surface area contributed by atoms with Crippen LogP contribution in [-0.4, -0.2) is 31.9 Å². The number of rotatable bonds is 6. The predicted molar refractivity (Wildman–Crippen MR) is 72.1 cm³/mol. The van der Waals surface area contributed by atoms with E-state index in [4.69, 9.17) is 0 Å². The van der Waals surface area contributed by atoms with Crippen molar-refractivity contribution in [2.45, 2.75) is 13.3 Å². The van der Waals surface area contributed by atoms with Gasteiger partial charge in [-0.3, -0.25) is 14.4 Å². The Hall–Kier alpha value is -2.17. The molecular weight excluding hydrogens is 260 g/mol. The number of carbonyl (C=O) groups is 3. The molecule has 0 saturated heterocycles. The molecule has 0 radical (unpaired) electrons. The number of methoxy groups -OCH3 is 2. The van der Waals surface area contributed by atoms with E-state index in [1.54, 1.807) is 31.2 Å². The molecule has 20 heavy (non-hydrogen) atoms. The molecule has 0 bridgehead atoms. The van der Waals surface area contributed by atoms with Crippen LogP contribution in [0.2, 0.25) is 0 Å². The van der Waals surface area contributed by atoms with Gasteiger partial charge in [0.05, 0.1) is 14.2 Å². The van der Waals surface area contributed by atoms with Crippen LogP contribution in [0.4, 0.5) is 0 Å². The van der Waals surface area contributed by atoms with Gasteiger partial charge in [0.1, 0.15) is 0 Å². The molecule has 108 valence electrons. The van der Waals surface area contributed by atoms with Gasteiger partial charge < -0.3 is 9.47 Å². The standard InChI is InChI=1S/C15H18O5/c1-10(13(14(17)19-2)15(18)20-3)9-12(16)11-7-5-4-6-8-11/h4-8,10,13H,9H2,1-3H3/t10-/m0/s1. The summed E-state index contributed by atoms with van der Waals surface area (Å²) < 4.78 is 9.19. The van der Waals surface area contributed by atoms with E-state index >= 15 is 0 Å². The Morgan fingerprint density at radius 2 is 1.50 bits per heavy atom. The molecule has 1 aromatic rings. The quantitative estimate of drug-likeness (QED) is 0.451. The van der Waals surface area contributed by atoms with Crippen LogP contribution in [0.1, 0.15) is 23.7 Å².